The van der Waals surface area contributed by atoms with Gasteiger partial charge in [0.2, 0.25) is 0 Å². The van der Waals surface area contributed by atoms with Gasteiger partial charge in [0.25, 0.3) is 0 Å². The topological polar surface area (TPSA) is 229 Å². The van der Waals surface area contributed by atoms with E-state index < -0.39 is 78.3 Å². The van der Waals surface area contributed by atoms with Crippen LogP contribution in [-0.2, 0) is 40.5 Å². The van der Waals surface area contributed by atoms with Crippen molar-refractivity contribution in [2.75, 3.05) is 0 Å². The first-order valence-electron chi connectivity index (χ1n) is 6.75. The van der Waals surface area contributed by atoms with Gasteiger partial charge in [-0.05, 0) is 80.6 Å². The summed E-state index contributed by atoms with van der Waals surface area (Å²) in [5.74, 6) is 0. The zero-order valence-electron chi connectivity index (χ0n) is 17.6. The third-order valence-corrected chi connectivity index (χ3v) is 10.7. The molecule has 0 aromatic heterocycles. The monoisotopic (exact) mass is 814 g/mol. The number of benzene rings is 2. The van der Waals surface area contributed by atoms with Crippen molar-refractivity contribution in [3.05, 3.63) is 31.4 Å². The van der Waals surface area contributed by atoms with E-state index in [-0.39, 0.29) is 118 Å². The fraction of sp³-hybridized carbons (Fsp3) is 0. The minimum atomic E-state index is -5.35. The van der Waals surface area contributed by atoms with Crippen LogP contribution in [0.4, 0.5) is 0 Å². The molecule has 2 aromatic carbocycles. The van der Waals surface area contributed by atoms with Gasteiger partial charge in [0.05, 0.1) is 19.6 Å². The van der Waals surface area contributed by atoms with Crippen LogP contribution in [0, 0.1) is 7.14 Å². The van der Waals surface area contributed by atoms with Gasteiger partial charge >= 0.3 is 118 Å². The molecule has 12 nitrogen and oxygen atoms in total. The summed E-state index contributed by atoms with van der Waals surface area (Å²) in [5.41, 5.74) is -1.24. The molecule has 0 N–H and O–H groups in total. The third kappa shape index (κ3) is 10.5. The average molecular weight is 814 g/mol. The Hall–Kier alpha value is 3.54. The Kier molecular flexibility index (Phi) is 18.5. The molecular formula is C12H4I2Na4O12S4. The van der Waals surface area contributed by atoms with Gasteiger partial charge in [-0.25, -0.2) is 33.7 Å². The molecule has 0 heterocycles. The molecule has 0 bridgehead atoms. The smallest absolute Gasteiger partial charge is 0.744 e. The molecule has 0 atom stereocenters. The average Bonchev–Trinajstić information content (AvgIpc) is 2.50. The molecule has 0 saturated heterocycles. The van der Waals surface area contributed by atoms with E-state index in [4.69, 9.17) is 0 Å². The van der Waals surface area contributed by atoms with Crippen LogP contribution in [0.25, 0.3) is 11.1 Å². The van der Waals surface area contributed by atoms with Crippen LogP contribution in [0.1, 0.15) is 0 Å². The van der Waals surface area contributed by atoms with Crippen molar-refractivity contribution in [3.8, 4) is 11.1 Å². The van der Waals surface area contributed by atoms with Gasteiger partial charge in [-0.1, -0.05) is 0 Å². The minimum absolute atomic E-state index is 0. The van der Waals surface area contributed by atoms with E-state index in [0.29, 0.717) is 24.3 Å². The molecular weight excluding hydrogens is 810 g/mol. The maximum Gasteiger partial charge on any atom is 1.00 e. The molecule has 0 saturated carbocycles. The number of hydrogen-bond acceptors (Lipinski definition) is 12. The van der Waals surface area contributed by atoms with Crippen LogP contribution in [0.3, 0.4) is 0 Å². The molecule has 22 heteroatoms. The van der Waals surface area contributed by atoms with Crippen molar-refractivity contribution in [1.82, 2.24) is 0 Å². The number of rotatable bonds is 5. The Morgan fingerprint density at radius 1 is 0.441 bits per heavy atom. The fourth-order valence-corrected chi connectivity index (χ4v) is 8.60. The second kappa shape index (κ2) is 15.0. The summed E-state index contributed by atoms with van der Waals surface area (Å²) in [4.78, 5) is -4.70. The summed E-state index contributed by atoms with van der Waals surface area (Å²) in [6.07, 6.45) is 0. The first kappa shape index (κ1) is 42.0. The Balaban J connectivity index is -0.00000240. The van der Waals surface area contributed by atoms with Gasteiger partial charge in [0.15, 0.2) is 0 Å². The van der Waals surface area contributed by atoms with Crippen LogP contribution in [0.2, 0.25) is 0 Å². The van der Waals surface area contributed by atoms with Crippen molar-refractivity contribution in [1.29, 1.82) is 0 Å². The molecule has 0 spiro atoms. The Morgan fingerprint density at radius 3 is 0.706 bits per heavy atom. The van der Waals surface area contributed by atoms with Crippen LogP contribution >= 0.6 is 45.2 Å². The fourth-order valence-electron chi connectivity index (χ4n) is 2.21. The maximum absolute atomic E-state index is 11.5. The Labute approximate surface area is 311 Å². The first-order valence-corrected chi connectivity index (χ1v) is 14.5. The summed E-state index contributed by atoms with van der Waals surface area (Å²) in [6, 6.07) is 2.18. The van der Waals surface area contributed by atoms with Crippen molar-refractivity contribution in [3.63, 3.8) is 0 Å². The normalized spacial score (nSPS) is 11.8. The van der Waals surface area contributed by atoms with Crippen molar-refractivity contribution < 1.29 is 170 Å². The van der Waals surface area contributed by atoms with E-state index >= 15 is 0 Å². The standard InChI is InChI=1S/C12H8I2O12S4.4Na/c13-11-7(27(15,16)17)1-5(2-8(11)28(18,19)20)6-3-9(29(21,22)23)12(14)10(4-6)30(24,25)26;;;;/h1-4H,(H,15,16,17)(H,18,19,20)(H,21,22,23)(H,24,25,26);;;;/q;4*+1/p-4. The van der Waals surface area contributed by atoms with E-state index in [1.165, 1.54) is 0 Å². The van der Waals surface area contributed by atoms with Crippen molar-refractivity contribution in [2.45, 2.75) is 19.6 Å². The largest absolute Gasteiger partial charge is 1.00 e. The van der Waals surface area contributed by atoms with Gasteiger partial charge in [-0.2, -0.15) is 0 Å². The SMILES string of the molecule is O=S(=O)([O-])c1cc(-c2cc(S(=O)(=O)[O-])c(I)c(S(=O)(=O)[O-])c2)cc(S(=O)(=O)[O-])c1I.[Na+].[Na+].[Na+].[Na+]. The molecule has 0 aliphatic rings. The molecule has 0 aliphatic heterocycles. The van der Waals surface area contributed by atoms with Gasteiger partial charge in [-0.3, -0.25) is 0 Å². The second-order valence-electron chi connectivity index (χ2n) is 5.39. The summed E-state index contributed by atoms with van der Waals surface area (Å²) in [7, 11) is -21.4. The molecule has 2 aromatic rings. The van der Waals surface area contributed by atoms with Crippen LogP contribution in [0.5, 0.6) is 0 Å². The number of halogens is 2. The minimum Gasteiger partial charge on any atom is -0.744 e. The predicted molar refractivity (Wildman–Crippen MR) is 109 cm³/mol. The molecule has 0 fully saturated rings. The van der Waals surface area contributed by atoms with Gasteiger partial charge < -0.3 is 18.2 Å². The van der Waals surface area contributed by atoms with Crippen molar-refractivity contribution >= 4 is 85.7 Å². The molecule has 0 unspecified atom stereocenters. The summed E-state index contributed by atoms with van der Waals surface area (Å²) >= 11 is 2.24. The number of hydrogen-bond donors (Lipinski definition) is 0. The third-order valence-electron chi connectivity index (χ3n) is 3.42. The van der Waals surface area contributed by atoms with Gasteiger partial charge in [-0.15, -0.1) is 0 Å². The van der Waals surface area contributed by atoms with E-state index in [0.717, 1.165) is 45.2 Å². The summed E-state index contributed by atoms with van der Waals surface area (Å²) in [6.45, 7) is 0. The quantitative estimate of drug-likeness (QED) is 0.156. The Bertz CT molecular complexity index is 1290. The summed E-state index contributed by atoms with van der Waals surface area (Å²) < 4.78 is 136. The molecule has 0 aliphatic carbocycles. The molecule has 166 valence electrons. The van der Waals surface area contributed by atoms with Crippen LogP contribution < -0.4 is 118 Å². The zero-order chi connectivity index (χ0) is 23.4. The molecule has 34 heavy (non-hydrogen) atoms. The van der Waals surface area contributed by atoms with E-state index in [2.05, 4.69) is 0 Å². The zero-order valence-corrected chi connectivity index (χ0v) is 33.2. The van der Waals surface area contributed by atoms with Crippen LogP contribution in [0.15, 0.2) is 43.8 Å². The first-order chi connectivity index (χ1) is 13.2. The molecule has 0 amide bonds. The van der Waals surface area contributed by atoms with Gasteiger partial charge in [0.1, 0.15) is 40.5 Å². The maximum atomic E-state index is 11.5. The molecule has 0 radical (unpaired) electrons. The molecule has 2 rings (SSSR count). The van der Waals surface area contributed by atoms with E-state index in [1.54, 1.807) is 0 Å². The van der Waals surface area contributed by atoms with E-state index in [1.807, 2.05) is 0 Å². The van der Waals surface area contributed by atoms with Crippen molar-refractivity contribution in [2.24, 2.45) is 0 Å². The van der Waals surface area contributed by atoms with Gasteiger partial charge in [0, 0.05) is 7.14 Å². The second-order valence-corrected chi connectivity index (χ2v) is 12.9. The predicted octanol–water partition coefficient (Wildman–Crippen LogP) is -11.8. The van der Waals surface area contributed by atoms with Crippen LogP contribution in [-0.4, -0.2) is 51.9 Å². The summed E-state index contributed by atoms with van der Waals surface area (Å²) in [5, 5.41) is 0. The Morgan fingerprint density at radius 2 is 0.588 bits per heavy atom. The van der Waals surface area contributed by atoms with E-state index in [9.17, 15) is 51.9 Å².